The van der Waals surface area contributed by atoms with E-state index in [0.717, 1.165) is 17.9 Å². The van der Waals surface area contributed by atoms with Gasteiger partial charge in [-0.1, -0.05) is 24.6 Å². The van der Waals surface area contributed by atoms with E-state index >= 15 is 0 Å². The van der Waals surface area contributed by atoms with Gasteiger partial charge in [0.25, 0.3) is 0 Å². The third kappa shape index (κ3) is 3.09. The Morgan fingerprint density at radius 1 is 1.50 bits per heavy atom. The van der Waals surface area contributed by atoms with E-state index in [-0.39, 0.29) is 11.1 Å². The minimum atomic E-state index is -0.395. The second-order valence-corrected chi connectivity index (χ2v) is 4.43. The van der Waals surface area contributed by atoms with Crippen LogP contribution in [-0.4, -0.2) is 16.5 Å². The van der Waals surface area contributed by atoms with Crippen molar-refractivity contribution in [2.75, 3.05) is 6.54 Å². The molecule has 18 heavy (non-hydrogen) atoms. The summed E-state index contributed by atoms with van der Waals surface area (Å²) in [7, 11) is 0. The Morgan fingerprint density at radius 3 is 2.94 bits per heavy atom. The minimum absolute atomic E-state index is 0.0688. The monoisotopic (exact) mass is 267 g/mol. The van der Waals surface area contributed by atoms with E-state index in [4.69, 9.17) is 11.6 Å². The smallest absolute Gasteiger partial charge is 0.141 e. The molecule has 2 N–H and O–H groups in total. The highest BCUT2D eigenvalue weighted by Gasteiger charge is 2.14. The number of nitrogens with one attached hydrogen (secondary N) is 2. The van der Waals surface area contributed by atoms with Crippen LogP contribution in [0.5, 0.6) is 0 Å². The van der Waals surface area contributed by atoms with Crippen molar-refractivity contribution in [2.45, 2.75) is 19.4 Å². The molecule has 2 rings (SSSR count). The predicted octanol–water partition coefficient (Wildman–Crippen LogP) is 3.10. The molecule has 2 aromatic rings. The van der Waals surface area contributed by atoms with Gasteiger partial charge in [0.15, 0.2) is 0 Å². The van der Waals surface area contributed by atoms with Crippen LogP contribution in [0.2, 0.25) is 5.02 Å². The Kier molecular flexibility index (Phi) is 4.33. The topological polar surface area (TPSA) is 40.7 Å². The maximum absolute atomic E-state index is 13.2. The predicted molar refractivity (Wildman–Crippen MR) is 70.1 cm³/mol. The molecule has 1 unspecified atom stereocenters. The summed E-state index contributed by atoms with van der Waals surface area (Å²) in [6.07, 6.45) is 4.22. The van der Waals surface area contributed by atoms with Crippen molar-refractivity contribution >= 4 is 11.6 Å². The van der Waals surface area contributed by atoms with Crippen molar-refractivity contribution in [1.82, 2.24) is 15.3 Å². The van der Waals surface area contributed by atoms with Crippen LogP contribution < -0.4 is 5.32 Å². The molecule has 1 heterocycles. The maximum atomic E-state index is 13.2. The van der Waals surface area contributed by atoms with Gasteiger partial charge in [-0.2, -0.15) is 0 Å². The van der Waals surface area contributed by atoms with Gasteiger partial charge >= 0.3 is 0 Å². The van der Waals surface area contributed by atoms with E-state index in [1.54, 1.807) is 24.5 Å². The van der Waals surface area contributed by atoms with E-state index in [0.29, 0.717) is 6.42 Å². The summed E-state index contributed by atoms with van der Waals surface area (Å²) in [6.45, 7) is 2.85. The second kappa shape index (κ2) is 5.98. The van der Waals surface area contributed by atoms with Gasteiger partial charge in [0.05, 0.1) is 5.02 Å². The van der Waals surface area contributed by atoms with Crippen LogP contribution in [0.1, 0.15) is 24.4 Å². The van der Waals surface area contributed by atoms with E-state index in [2.05, 4.69) is 15.3 Å². The molecule has 0 spiro atoms. The number of H-pyrrole nitrogens is 1. The average Bonchev–Trinajstić information content (AvgIpc) is 2.85. The van der Waals surface area contributed by atoms with Crippen molar-refractivity contribution in [3.63, 3.8) is 0 Å². The summed E-state index contributed by atoms with van der Waals surface area (Å²) >= 11 is 5.81. The first-order valence-electron chi connectivity index (χ1n) is 5.87. The normalized spacial score (nSPS) is 12.6. The quantitative estimate of drug-likeness (QED) is 0.874. The molecular weight excluding hydrogens is 253 g/mol. The number of aromatic nitrogens is 2. The Morgan fingerprint density at radius 2 is 2.33 bits per heavy atom. The van der Waals surface area contributed by atoms with Gasteiger partial charge in [-0.25, -0.2) is 9.37 Å². The van der Waals surface area contributed by atoms with Crippen LogP contribution in [0.15, 0.2) is 30.6 Å². The molecule has 0 saturated carbocycles. The Bertz CT molecular complexity index is 499. The molecule has 1 aromatic heterocycles. The molecule has 0 aliphatic heterocycles. The highest BCUT2D eigenvalue weighted by molar-refractivity contribution is 6.30. The Labute approximate surface area is 110 Å². The van der Waals surface area contributed by atoms with Gasteiger partial charge in [0.2, 0.25) is 0 Å². The fraction of sp³-hybridized carbons (Fsp3) is 0.308. The summed E-state index contributed by atoms with van der Waals surface area (Å²) in [4.78, 5) is 7.26. The first-order chi connectivity index (χ1) is 8.70. The molecule has 1 atom stereocenters. The largest absolute Gasteiger partial charge is 0.349 e. The van der Waals surface area contributed by atoms with E-state index in [1.165, 1.54) is 6.07 Å². The molecule has 96 valence electrons. The summed E-state index contributed by atoms with van der Waals surface area (Å²) in [5, 5.41) is 3.49. The standard InChI is InChI=1S/C13H15ClFN3/c1-2-16-12(8-13-17-5-6-18-13)9-3-4-11(15)10(14)7-9/h3-7,12,16H,2,8H2,1H3,(H,17,18). The van der Waals surface area contributed by atoms with Crippen molar-refractivity contribution in [3.05, 3.63) is 52.8 Å². The zero-order valence-electron chi connectivity index (χ0n) is 10.1. The first kappa shape index (κ1) is 13.1. The molecule has 1 aromatic carbocycles. The van der Waals surface area contributed by atoms with Crippen LogP contribution in [0.4, 0.5) is 4.39 Å². The lowest BCUT2D eigenvalue weighted by atomic mass is 10.0. The molecular formula is C13H15ClFN3. The number of rotatable bonds is 5. The molecule has 0 aliphatic carbocycles. The van der Waals surface area contributed by atoms with Gasteiger partial charge in [-0.05, 0) is 24.2 Å². The zero-order valence-corrected chi connectivity index (χ0v) is 10.8. The number of imidazole rings is 1. The summed E-state index contributed by atoms with van der Waals surface area (Å²) in [5.74, 6) is 0.495. The number of hydrogen-bond donors (Lipinski definition) is 2. The van der Waals surface area contributed by atoms with Gasteiger partial charge in [-0.3, -0.25) is 0 Å². The molecule has 0 saturated heterocycles. The van der Waals surface area contributed by atoms with Gasteiger partial charge < -0.3 is 10.3 Å². The van der Waals surface area contributed by atoms with Gasteiger partial charge in [0.1, 0.15) is 11.6 Å². The third-order valence-corrected chi connectivity index (χ3v) is 3.04. The van der Waals surface area contributed by atoms with Crippen LogP contribution in [0, 0.1) is 5.82 Å². The molecule has 3 nitrogen and oxygen atoms in total. The lowest BCUT2D eigenvalue weighted by Crippen LogP contribution is -2.23. The lowest BCUT2D eigenvalue weighted by molar-refractivity contribution is 0.537. The van der Waals surface area contributed by atoms with Gasteiger partial charge in [0, 0.05) is 24.9 Å². The zero-order chi connectivity index (χ0) is 13.0. The molecule has 5 heteroatoms. The number of nitrogens with zero attached hydrogens (tertiary/aromatic N) is 1. The minimum Gasteiger partial charge on any atom is -0.349 e. The average molecular weight is 268 g/mol. The van der Waals surface area contributed by atoms with Crippen LogP contribution in [-0.2, 0) is 6.42 Å². The van der Waals surface area contributed by atoms with E-state index in [1.807, 2.05) is 6.92 Å². The molecule has 0 aliphatic rings. The van der Waals surface area contributed by atoms with Crippen molar-refractivity contribution in [1.29, 1.82) is 0 Å². The fourth-order valence-corrected chi connectivity index (χ4v) is 2.08. The highest BCUT2D eigenvalue weighted by Crippen LogP contribution is 2.22. The Hall–Kier alpha value is -1.39. The lowest BCUT2D eigenvalue weighted by Gasteiger charge is -2.17. The third-order valence-electron chi connectivity index (χ3n) is 2.75. The SMILES string of the molecule is CCNC(Cc1ncc[nH]1)c1ccc(F)c(Cl)c1. The second-order valence-electron chi connectivity index (χ2n) is 4.02. The fourth-order valence-electron chi connectivity index (χ4n) is 1.89. The van der Waals surface area contributed by atoms with E-state index in [9.17, 15) is 4.39 Å². The van der Waals surface area contributed by atoms with Crippen LogP contribution >= 0.6 is 11.6 Å². The highest BCUT2D eigenvalue weighted by atomic mass is 35.5. The van der Waals surface area contributed by atoms with Crippen LogP contribution in [0.25, 0.3) is 0 Å². The van der Waals surface area contributed by atoms with E-state index < -0.39 is 5.82 Å². The molecule has 0 amide bonds. The van der Waals surface area contributed by atoms with Crippen molar-refractivity contribution in [3.8, 4) is 0 Å². The van der Waals surface area contributed by atoms with Crippen LogP contribution in [0.3, 0.4) is 0 Å². The number of likely N-dealkylation sites (N-methyl/N-ethyl adjacent to an activating group) is 1. The number of hydrogen-bond acceptors (Lipinski definition) is 2. The number of aromatic amines is 1. The summed E-state index contributed by atoms with van der Waals surface area (Å²) in [6, 6.07) is 4.87. The summed E-state index contributed by atoms with van der Waals surface area (Å²) < 4.78 is 13.2. The molecule has 0 radical (unpaired) electrons. The molecule has 0 bridgehead atoms. The van der Waals surface area contributed by atoms with Crippen molar-refractivity contribution < 1.29 is 4.39 Å². The summed E-state index contributed by atoms with van der Waals surface area (Å²) in [5.41, 5.74) is 0.958. The maximum Gasteiger partial charge on any atom is 0.141 e. The molecule has 0 fully saturated rings. The van der Waals surface area contributed by atoms with Crippen molar-refractivity contribution in [2.24, 2.45) is 0 Å². The first-order valence-corrected chi connectivity index (χ1v) is 6.25. The Balaban J connectivity index is 2.20. The number of benzene rings is 1. The van der Waals surface area contributed by atoms with Gasteiger partial charge in [-0.15, -0.1) is 0 Å². The number of halogens is 2.